The van der Waals surface area contributed by atoms with Gasteiger partial charge in [-0.15, -0.1) is 0 Å². The SMILES string of the molecule is CN(C(=O)NC1COCC1(F)F)C(COc1ccccc1)c1ccncc1. The number of alkyl halides is 2. The molecule has 1 aromatic heterocycles. The van der Waals surface area contributed by atoms with Crippen LogP contribution in [0.1, 0.15) is 11.6 Å². The van der Waals surface area contributed by atoms with Gasteiger partial charge in [-0.1, -0.05) is 18.2 Å². The van der Waals surface area contributed by atoms with Crippen molar-refractivity contribution < 1.29 is 23.0 Å². The van der Waals surface area contributed by atoms with Crippen LogP contribution in [0, 0.1) is 0 Å². The average molecular weight is 377 g/mol. The third kappa shape index (κ3) is 4.71. The molecule has 1 fully saturated rings. The molecule has 8 heteroatoms. The molecule has 1 aromatic carbocycles. The summed E-state index contributed by atoms with van der Waals surface area (Å²) in [5.74, 6) is -2.43. The number of para-hydroxylation sites is 1. The number of aromatic nitrogens is 1. The van der Waals surface area contributed by atoms with Gasteiger partial charge >= 0.3 is 6.03 Å². The van der Waals surface area contributed by atoms with Crippen LogP contribution in [0.4, 0.5) is 13.6 Å². The molecule has 27 heavy (non-hydrogen) atoms. The quantitative estimate of drug-likeness (QED) is 0.841. The number of carbonyl (C=O) groups excluding carboxylic acids is 1. The van der Waals surface area contributed by atoms with Gasteiger partial charge < -0.3 is 19.7 Å². The molecule has 1 N–H and O–H groups in total. The number of halogens is 2. The van der Waals surface area contributed by atoms with E-state index in [0.717, 1.165) is 5.56 Å². The van der Waals surface area contributed by atoms with Crippen LogP contribution in [0.25, 0.3) is 0 Å². The van der Waals surface area contributed by atoms with E-state index in [1.165, 1.54) is 4.90 Å². The van der Waals surface area contributed by atoms with Gasteiger partial charge in [-0.05, 0) is 29.8 Å². The maximum atomic E-state index is 13.7. The zero-order valence-corrected chi connectivity index (χ0v) is 14.8. The van der Waals surface area contributed by atoms with Crippen molar-refractivity contribution in [3.8, 4) is 5.75 Å². The highest BCUT2D eigenvalue weighted by Gasteiger charge is 2.46. The molecule has 1 aliphatic heterocycles. The molecule has 1 saturated heterocycles. The highest BCUT2D eigenvalue weighted by atomic mass is 19.3. The Morgan fingerprint density at radius 1 is 1.33 bits per heavy atom. The van der Waals surface area contributed by atoms with Gasteiger partial charge in [0.15, 0.2) is 0 Å². The molecule has 3 rings (SSSR count). The number of carbonyl (C=O) groups is 1. The van der Waals surface area contributed by atoms with Crippen LogP contribution in [0.3, 0.4) is 0 Å². The summed E-state index contributed by atoms with van der Waals surface area (Å²) in [5, 5.41) is 2.36. The Morgan fingerprint density at radius 2 is 2.04 bits per heavy atom. The Bertz CT molecular complexity index is 746. The van der Waals surface area contributed by atoms with E-state index in [2.05, 4.69) is 10.3 Å². The maximum Gasteiger partial charge on any atom is 0.318 e. The van der Waals surface area contributed by atoms with E-state index < -0.39 is 30.6 Å². The Hall–Kier alpha value is -2.74. The van der Waals surface area contributed by atoms with E-state index >= 15 is 0 Å². The topological polar surface area (TPSA) is 63.7 Å². The second kappa shape index (κ2) is 8.30. The summed E-state index contributed by atoms with van der Waals surface area (Å²) in [6.45, 7) is -0.741. The van der Waals surface area contributed by atoms with Crippen LogP contribution < -0.4 is 10.1 Å². The van der Waals surface area contributed by atoms with Gasteiger partial charge in [0.05, 0.1) is 12.6 Å². The molecular weight excluding hydrogens is 356 g/mol. The molecule has 1 aliphatic rings. The summed E-state index contributed by atoms with van der Waals surface area (Å²) in [6.07, 6.45) is 3.21. The van der Waals surface area contributed by atoms with E-state index in [1.807, 2.05) is 18.2 Å². The van der Waals surface area contributed by atoms with E-state index in [9.17, 15) is 13.6 Å². The molecule has 144 valence electrons. The van der Waals surface area contributed by atoms with Crippen LogP contribution in [0.15, 0.2) is 54.9 Å². The second-order valence-electron chi connectivity index (χ2n) is 6.31. The normalized spacial score (nSPS) is 19.3. The van der Waals surface area contributed by atoms with Crippen molar-refractivity contribution in [1.29, 1.82) is 0 Å². The van der Waals surface area contributed by atoms with Crippen molar-refractivity contribution in [1.82, 2.24) is 15.2 Å². The molecule has 0 bridgehead atoms. The first kappa shape index (κ1) is 19.0. The second-order valence-corrected chi connectivity index (χ2v) is 6.31. The minimum atomic E-state index is -3.08. The van der Waals surface area contributed by atoms with Gasteiger partial charge in [-0.3, -0.25) is 4.98 Å². The van der Waals surface area contributed by atoms with E-state index in [-0.39, 0.29) is 13.2 Å². The van der Waals surface area contributed by atoms with Crippen molar-refractivity contribution in [3.05, 3.63) is 60.4 Å². The molecule has 2 amide bonds. The van der Waals surface area contributed by atoms with Gasteiger partial charge in [0.25, 0.3) is 5.92 Å². The number of ether oxygens (including phenoxy) is 2. The lowest BCUT2D eigenvalue weighted by Crippen LogP contribution is -2.51. The van der Waals surface area contributed by atoms with E-state index in [0.29, 0.717) is 5.75 Å². The first-order valence-corrected chi connectivity index (χ1v) is 8.54. The molecule has 0 spiro atoms. The zero-order chi connectivity index (χ0) is 19.3. The van der Waals surface area contributed by atoms with Crippen LogP contribution in [0.2, 0.25) is 0 Å². The standard InChI is InChI=1S/C19H21F2N3O3/c1-24(18(25)23-17-12-26-13-19(17,20)21)16(14-7-9-22-10-8-14)11-27-15-5-3-2-4-6-15/h2-10,16-17H,11-13H2,1H3,(H,23,25). The molecule has 2 unspecified atom stereocenters. The summed E-state index contributed by atoms with van der Waals surface area (Å²) >= 11 is 0. The monoisotopic (exact) mass is 377 g/mol. The Morgan fingerprint density at radius 3 is 2.67 bits per heavy atom. The third-order valence-corrected chi connectivity index (χ3v) is 4.42. The van der Waals surface area contributed by atoms with Crippen molar-refractivity contribution in [3.63, 3.8) is 0 Å². The first-order chi connectivity index (χ1) is 13.0. The van der Waals surface area contributed by atoms with Gasteiger partial charge in [0.1, 0.15) is 25.0 Å². The number of urea groups is 1. The predicted octanol–water partition coefficient (Wildman–Crippen LogP) is 2.88. The Balaban J connectivity index is 1.72. The Labute approximate surface area is 156 Å². The minimum absolute atomic E-state index is 0.162. The maximum absolute atomic E-state index is 13.7. The number of nitrogens with one attached hydrogen (secondary N) is 1. The molecule has 2 aromatic rings. The number of amides is 2. The number of pyridine rings is 1. The summed E-state index contributed by atoms with van der Waals surface area (Å²) in [4.78, 5) is 17.9. The summed E-state index contributed by atoms with van der Waals surface area (Å²) < 4.78 is 38.0. The van der Waals surface area contributed by atoms with Crippen molar-refractivity contribution >= 4 is 6.03 Å². The van der Waals surface area contributed by atoms with Crippen LogP contribution >= 0.6 is 0 Å². The lowest BCUT2D eigenvalue weighted by Gasteiger charge is -2.30. The fourth-order valence-corrected chi connectivity index (χ4v) is 2.78. The summed E-state index contributed by atoms with van der Waals surface area (Å²) in [7, 11) is 1.54. The molecule has 0 radical (unpaired) electrons. The van der Waals surface area contributed by atoms with Crippen molar-refractivity contribution in [2.45, 2.75) is 18.0 Å². The molecule has 2 heterocycles. The first-order valence-electron chi connectivity index (χ1n) is 8.54. The highest BCUT2D eigenvalue weighted by molar-refractivity contribution is 5.75. The number of hydrogen-bond acceptors (Lipinski definition) is 4. The van der Waals surface area contributed by atoms with Gasteiger partial charge in [0, 0.05) is 19.4 Å². The summed E-state index contributed by atoms with van der Waals surface area (Å²) in [6, 6.07) is 10.2. The van der Waals surface area contributed by atoms with Crippen LogP contribution in [-0.4, -0.2) is 54.7 Å². The number of likely N-dealkylation sites (N-methyl/N-ethyl adjacent to an activating group) is 1. The van der Waals surface area contributed by atoms with Gasteiger partial charge in [-0.2, -0.15) is 0 Å². The average Bonchev–Trinajstić information content (AvgIpc) is 3.01. The lowest BCUT2D eigenvalue weighted by molar-refractivity contribution is -0.0225. The largest absolute Gasteiger partial charge is 0.491 e. The zero-order valence-electron chi connectivity index (χ0n) is 14.8. The Kier molecular flexibility index (Phi) is 5.85. The molecular formula is C19H21F2N3O3. The van der Waals surface area contributed by atoms with Gasteiger partial charge in [-0.25, -0.2) is 13.6 Å². The predicted molar refractivity (Wildman–Crippen MR) is 94.8 cm³/mol. The summed E-state index contributed by atoms with van der Waals surface area (Å²) in [5.41, 5.74) is 0.785. The smallest absolute Gasteiger partial charge is 0.318 e. The van der Waals surface area contributed by atoms with Crippen LogP contribution in [-0.2, 0) is 4.74 Å². The number of rotatable bonds is 6. The number of nitrogens with zero attached hydrogens (tertiary/aromatic N) is 2. The number of hydrogen-bond donors (Lipinski definition) is 1. The molecule has 0 aliphatic carbocycles. The van der Waals surface area contributed by atoms with E-state index in [1.54, 1.807) is 43.7 Å². The van der Waals surface area contributed by atoms with Crippen molar-refractivity contribution in [2.24, 2.45) is 0 Å². The van der Waals surface area contributed by atoms with Gasteiger partial charge in [0.2, 0.25) is 0 Å². The fourth-order valence-electron chi connectivity index (χ4n) is 2.78. The molecule has 0 saturated carbocycles. The van der Waals surface area contributed by atoms with Crippen LogP contribution in [0.5, 0.6) is 5.75 Å². The van der Waals surface area contributed by atoms with E-state index in [4.69, 9.17) is 9.47 Å². The van der Waals surface area contributed by atoms with Crippen molar-refractivity contribution in [2.75, 3.05) is 26.9 Å². The molecule has 6 nitrogen and oxygen atoms in total. The molecule has 2 atom stereocenters. The number of benzene rings is 1. The fraction of sp³-hybridized carbons (Fsp3) is 0.368. The third-order valence-electron chi connectivity index (χ3n) is 4.42. The lowest BCUT2D eigenvalue weighted by atomic mass is 10.1. The minimum Gasteiger partial charge on any atom is -0.491 e. The highest BCUT2D eigenvalue weighted by Crippen LogP contribution is 2.26.